The van der Waals surface area contributed by atoms with Crippen molar-refractivity contribution in [3.8, 4) is 0 Å². The molecule has 0 saturated carbocycles. The lowest BCUT2D eigenvalue weighted by Crippen LogP contribution is -2.51. The van der Waals surface area contributed by atoms with Crippen LogP contribution >= 0.6 is 12.6 Å². The Balaban J connectivity index is 4.19. The van der Waals surface area contributed by atoms with Crippen LogP contribution in [0.25, 0.3) is 0 Å². The van der Waals surface area contributed by atoms with Crippen molar-refractivity contribution < 1.29 is 9.90 Å². The molecule has 54 valence electrons. The second-order valence-corrected chi connectivity index (χ2v) is 3.04. The summed E-state index contributed by atoms with van der Waals surface area (Å²) in [5.41, 5.74) is 4.11. The molecular formula is C5H11NO2S. The largest absolute Gasteiger partial charge is 0.480 e. The maximum absolute atomic E-state index is 10.3. The highest BCUT2D eigenvalue weighted by Crippen LogP contribution is 2.11. The monoisotopic (exact) mass is 149 g/mol. The molecule has 0 spiro atoms. The highest BCUT2D eigenvalue weighted by atomic mass is 32.1. The summed E-state index contributed by atoms with van der Waals surface area (Å²) in [7, 11) is 0. The minimum Gasteiger partial charge on any atom is -0.480 e. The number of carboxylic acid groups (broad SMARTS) is 1. The third-order valence-electron chi connectivity index (χ3n) is 1.33. The first-order valence-electron chi connectivity index (χ1n) is 2.59. The SMILES string of the molecule is CC(S)[C@](C)(N)C(=O)O. The van der Waals surface area contributed by atoms with E-state index in [0.717, 1.165) is 0 Å². The average Bonchev–Trinajstić information content (AvgIpc) is 1.65. The van der Waals surface area contributed by atoms with Gasteiger partial charge in [-0.15, -0.1) is 0 Å². The van der Waals surface area contributed by atoms with E-state index in [1.54, 1.807) is 6.92 Å². The molecule has 0 heterocycles. The van der Waals surface area contributed by atoms with Gasteiger partial charge in [0.1, 0.15) is 5.54 Å². The lowest BCUT2D eigenvalue weighted by Gasteiger charge is -2.22. The Bertz CT molecular complexity index is 122. The molecule has 0 saturated heterocycles. The number of thiol groups is 1. The zero-order chi connectivity index (χ0) is 7.65. The number of aliphatic carboxylic acids is 1. The smallest absolute Gasteiger partial charge is 0.324 e. The third kappa shape index (κ3) is 1.87. The summed E-state index contributed by atoms with van der Waals surface area (Å²) < 4.78 is 0. The first kappa shape index (κ1) is 8.78. The van der Waals surface area contributed by atoms with Crippen LogP contribution in [0.5, 0.6) is 0 Å². The van der Waals surface area contributed by atoms with Crippen LogP contribution in [0.3, 0.4) is 0 Å². The number of hydrogen-bond donors (Lipinski definition) is 3. The third-order valence-corrected chi connectivity index (χ3v) is 1.87. The maximum atomic E-state index is 10.3. The van der Waals surface area contributed by atoms with E-state index in [9.17, 15) is 4.79 Å². The predicted octanol–water partition coefficient (Wildman–Crippen LogP) is 0.107. The van der Waals surface area contributed by atoms with Gasteiger partial charge in [-0.2, -0.15) is 12.6 Å². The van der Waals surface area contributed by atoms with Crippen LogP contribution in [0.2, 0.25) is 0 Å². The molecule has 3 nitrogen and oxygen atoms in total. The Morgan fingerprint density at radius 2 is 2.22 bits per heavy atom. The fourth-order valence-electron chi connectivity index (χ4n) is 0.179. The van der Waals surface area contributed by atoms with Crippen molar-refractivity contribution >= 4 is 18.6 Å². The van der Waals surface area contributed by atoms with E-state index >= 15 is 0 Å². The number of carbonyl (C=O) groups is 1. The number of hydrogen-bond acceptors (Lipinski definition) is 3. The summed E-state index contributed by atoms with van der Waals surface area (Å²) in [6.07, 6.45) is 0. The molecule has 0 aliphatic carbocycles. The molecule has 1 unspecified atom stereocenters. The highest BCUT2D eigenvalue weighted by molar-refractivity contribution is 7.81. The molecule has 0 aromatic carbocycles. The Hall–Kier alpha value is -0.220. The Kier molecular flexibility index (Phi) is 2.51. The Labute approximate surface area is 59.6 Å². The standard InChI is InChI=1S/C5H11NO2S/c1-3(9)5(2,6)4(7)8/h3,9H,6H2,1-2H3,(H,7,8)/t3?,5-/m0/s1. The summed E-state index contributed by atoms with van der Waals surface area (Å²) >= 11 is 3.91. The molecule has 0 aromatic rings. The van der Waals surface area contributed by atoms with Gasteiger partial charge in [0.2, 0.25) is 0 Å². The van der Waals surface area contributed by atoms with Gasteiger partial charge >= 0.3 is 5.97 Å². The molecule has 2 atom stereocenters. The van der Waals surface area contributed by atoms with Crippen molar-refractivity contribution in [2.75, 3.05) is 0 Å². The quantitative estimate of drug-likeness (QED) is 0.488. The van der Waals surface area contributed by atoms with Crippen molar-refractivity contribution in [2.45, 2.75) is 24.6 Å². The number of carboxylic acids is 1. The van der Waals surface area contributed by atoms with Crippen LogP contribution in [-0.2, 0) is 4.79 Å². The minimum absolute atomic E-state index is 0.338. The van der Waals surface area contributed by atoms with Crippen molar-refractivity contribution in [3.05, 3.63) is 0 Å². The minimum atomic E-state index is -1.22. The molecule has 0 aromatic heterocycles. The zero-order valence-corrected chi connectivity index (χ0v) is 6.35. The van der Waals surface area contributed by atoms with Gasteiger partial charge < -0.3 is 10.8 Å². The van der Waals surface area contributed by atoms with E-state index in [0.29, 0.717) is 0 Å². The number of nitrogens with two attached hydrogens (primary N) is 1. The lowest BCUT2D eigenvalue weighted by atomic mass is 10.0. The molecule has 4 heteroatoms. The van der Waals surface area contributed by atoms with E-state index in [4.69, 9.17) is 10.8 Å². The first-order valence-corrected chi connectivity index (χ1v) is 3.11. The molecule has 0 rings (SSSR count). The number of rotatable bonds is 2. The van der Waals surface area contributed by atoms with E-state index < -0.39 is 11.5 Å². The van der Waals surface area contributed by atoms with Crippen molar-refractivity contribution in [1.82, 2.24) is 0 Å². The van der Waals surface area contributed by atoms with Crippen LogP contribution in [0, 0.1) is 0 Å². The topological polar surface area (TPSA) is 63.3 Å². The Morgan fingerprint density at radius 3 is 2.22 bits per heavy atom. The van der Waals surface area contributed by atoms with Crippen LogP contribution in [0.1, 0.15) is 13.8 Å². The maximum Gasteiger partial charge on any atom is 0.324 e. The van der Waals surface area contributed by atoms with Crippen molar-refractivity contribution in [2.24, 2.45) is 5.73 Å². The summed E-state index contributed by atoms with van der Waals surface area (Å²) in [6.45, 7) is 3.09. The van der Waals surface area contributed by atoms with E-state index in [1.165, 1.54) is 6.92 Å². The lowest BCUT2D eigenvalue weighted by molar-refractivity contribution is -0.142. The molecule has 0 fully saturated rings. The molecule has 9 heavy (non-hydrogen) atoms. The summed E-state index contributed by atoms with van der Waals surface area (Å²) in [6, 6.07) is 0. The van der Waals surface area contributed by atoms with Crippen LogP contribution in [0.15, 0.2) is 0 Å². The zero-order valence-electron chi connectivity index (χ0n) is 5.46. The first-order chi connectivity index (χ1) is 3.89. The van der Waals surface area contributed by atoms with Gasteiger partial charge in [-0.3, -0.25) is 4.79 Å². The van der Waals surface area contributed by atoms with Gasteiger partial charge in [0.05, 0.1) is 0 Å². The molecular weight excluding hydrogens is 138 g/mol. The van der Waals surface area contributed by atoms with Gasteiger partial charge in [-0.25, -0.2) is 0 Å². The fraction of sp³-hybridized carbons (Fsp3) is 0.800. The van der Waals surface area contributed by atoms with E-state index in [2.05, 4.69) is 12.6 Å². The molecule has 0 aliphatic rings. The molecule has 0 amide bonds. The summed E-state index contributed by atoms with van der Waals surface area (Å²) in [5, 5.41) is 8.10. The van der Waals surface area contributed by atoms with Crippen molar-refractivity contribution in [3.63, 3.8) is 0 Å². The van der Waals surface area contributed by atoms with E-state index in [-0.39, 0.29) is 5.25 Å². The van der Waals surface area contributed by atoms with Crippen molar-refractivity contribution in [1.29, 1.82) is 0 Å². The van der Waals surface area contributed by atoms with Crippen LogP contribution < -0.4 is 5.73 Å². The van der Waals surface area contributed by atoms with Gasteiger partial charge in [-0.05, 0) is 6.92 Å². The molecule has 0 radical (unpaired) electrons. The van der Waals surface area contributed by atoms with Gasteiger partial charge in [0.25, 0.3) is 0 Å². The van der Waals surface area contributed by atoms with Crippen LogP contribution in [-0.4, -0.2) is 21.9 Å². The average molecular weight is 149 g/mol. The van der Waals surface area contributed by atoms with Gasteiger partial charge in [0, 0.05) is 5.25 Å². The second-order valence-electron chi connectivity index (χ2n) is 2.26. The predicted molar refractivity (Wildman–Crippen MR) is 38.7 cm³/mol. The van der Waals surface area contributed by atoms with Crippen LogP contribution in [0.4, 0.5) is 0 Å². The molecule has 0 aliphatic heterocycles. The van der Waals surface area contributed by atoms with E-state index in [1.807, 2.05) is 0 Å². The second kappa shape index (κ2) is 2.58. The Morgan fingerprint density at radius 1 is 1.89 bits per heavy atom. The molecule has 3 N–H and O–H groups in total. The molecule has 0 bridgehead atoms. The fourth-order valence-corrected chi connectivity index (χ4v) is 0.289. The van der Waals surface area contributed by atoms with Gasteiger partial charge in [0.15, 0.2) is 0 Å². The normalized spacial score (nSPS) is 20.4. The summed E-state index contributed by atoms with van der Waals surface area (Å²) in [5.74, 6) is -1.02. The van der Waals surface area contributed by atoms with Gasteiger partial charge in [-0.1, -0.05) is 6.92 Å². The summed E-state index contributed by atoms with van der Waals surface area (Å²) in [4.78, 5) is 10.3. The highest BCUT2D eigenvalue weighted by Gasteiger charge is 2.32.